The Morgan fingerprint density at radius 3 is 2.89 bits per heavy atom. The molecule has 8 nitrogen and oxygen atoms in total. The Labute approximate surface area is 167 Å². The average molecular weight is 391 g/mol. The highest BCUT2D eigenvalue weighted by Crippen LogP contribution is 2.21. The first-order valence-corrected chi connectivity index (χ1v) is 10.6. The number of carbonyl (C=O) groups excluding carboxylic acids is 1. The van der Waals surface area contributed by atoms with E-state index >= 15 is 0 Å². The van der Waals surface area contributed by atoms with Crippen LogP contribution in [0.3, 0.4) is 0 Å². The first kappa shape index (κ1) is 20.6. The molecule has 156 valence electrons. The Morgan fingerprint density at radius 1 is 1.36 bits per heavy atom. The maximum atomic E-state index is 12.2. The predicted molar refractivity (Wildman–Crippen MR) is 109 cm³/mol. The van der Waals surface area contributed by atoms with Crippen molar-refractivity contribution in [3.63, 3.8) is 0 Å². The van der Waals surface area contributed by atoms with Crippen molar-refractivity contribution >= 4 is 11.9 Å². The molecule has 1 saturated heterocycles. The van der Waals surface area contributed by atoms with Gasteiger partial charge in [-0.3, -0.25) is 14.5 Å². The van der Waals surface area contributed by atoms with Gasteiger partial charge in [0.25, 0.3) is 0 Å². The van der Waals surface area contributed by atoms with Crippen LogP contribution in [-0.4, -0.2) is 65.4 Å². The van der Waals surface area contributed by atoms with Gasteiger partial charge in [0.2, 0.25) is 5.91 Å². The molecule has 0 aromatic carbocycles. The number of aryl methyl sites for hydroxylation is 1. The van der Waals surface area contributed by atoms with E-state index < -0.39 is 0 Å². The summed E-state index contributed by atoms with van der Waals surface area (Å²) in [4.78, 5) is 19.1. The molecule has 1 aromatic rings. The molecule has 1 unspecified atom stereocenters. The van der Waals surface area contributed by atoms with Crippen LogP contribution in [-0.2, 0) is 16.6 Å². The number of nitrogens with one attached hydrogen (secondary N) is 2. The second-order valence-corrected chi connectivity index (χ2v) is 7.64. The second kappa shape index (κ2) is 10.5. The molecular weight excluding hydrogens is 356 g/mol. The van der Waals surface area contributed by atoms with Gasteiger partial charge in [-0.1, -0.05) is 19.3 Å². The topological polar surface area (TPSA) is 83.8 Å². The van der Waals surface area contributed by atoms with Gasteiger partial charge in [0, 0.05) is 44.4 Å². The van der Waals surface area contributed by atoms with Crippen molar-refractivity contribution < 1.29 is 9.53 Å². The molecule has 0 bridgehead atoms. The Kier molecular flexibility index (Phi) is 7.71. The molecular formula is C20H34N6O2. The monoisotopic (exact) mass is 390 g/mol. The Bertz CT molecular complexity index is 653. The van der Waals surface area contributed by atoms with Crippen molar-refractivity contribution in [1.82, 2.24) is 25.3 Å². The fourth-order valence-corrected chi connectivity index (χ4v) is 3.89. The van der Waals surface area contributed by atoms with Crippen molar-refractivity contribution in [2.24, 2.45) is 12.0 Å². The maximum absolute atomic E-state index is 12.2. The van der Waals surface area contributed by atoms with Crippen LogP contribution in [0.15, 0.2) is 17.4 Å². The van der Waals surface area contributed by atoms with Crippen LogP contribution >= 0.6 is 0 Å². The lowest BCUT2D eigenvalue weighted by Crippen LogP contribution is -2.48. The SMILES string of the molecule is CCNC(=NCCC(=O)NC1CCCCC1)N1CCOC(c2cnn(C)c2)C1. The van der Waals surface area contributed by atoms with Crippen LogP contribution < -0.4 is 10.6 Å². The third kappa shape index (κ3) is 5.95. The molecule has 1 aromatic heterocycles. The molecule has 3 rings (SSSR count). The van der Waals surface area contributed by atoms with Gasteiger partial charge in [-0.15, -0.1) is 0 Å². The minimum atomic E-state index is -0.0130. The third-order valence-electron chi connectivity index (χ3n) is 5.37. The van der Waals surface area contributed by atoms with E-state index in [1.165, 1.54) is 19.3 Å². The first-order chi connectivity index (χ1) is 13.7. The fraction of sp³-hybridized carbons (Fsp3) is 0.750. The summed E-state index contributed by atoms with van der Waals surface area (Å²) in [7, 11) is 1.91. The summed E-state index contributed by atoms with van der Waals surface area (Å²) in [6, 6.07) is 0.359. The van der Waals surface area contributed by atoms with Crippen molar-refractivity contribution in [1.29, 1.82) is 0 Å². The quantitative estimate of drug-likeness (QED) is 0.569. The lowest BCUT2D eigenvalue weighted by Gasteiger charge is -2.34. The molecule has 2 fully saturated rings. The summed E-state index contributed by atoms with van der Waals surface area (Å²) < 4.78 is 7.71. The van der Waals surface area contributed by atoms with Crippen molar-refractivity contribution in [2.75, 3.05) is 32.8 Å². The normalized spacial score (nSPS) is 21.6. The Balaban J connectivity index is 1.51. The van der Waals surface area contributed by atoms with Gasteiger partial charge in [0.05, 0.1) is 25.9 Å². The average Bonchev–Trinajstić information content (AvgIpc) is 3.15. The van der Waals surface area contributed by atoms with E-state index in [0.29, 0.717) is 25.6 Å². The van der Waals surface area contributed by atoms with Gasteiger partial charge < -0.3 is 20.3 Å². The minimum absolute atomic E-state index is 0.0130. The van der Waals surface area contributed by atoms with E-state index in [4.69, 9.17) is 9.73 Å². The maximum Gasteiger partial charge on any atom is 0.222 e. The molecule has 2 heterocycles. The minimum Gasteiger partial charge on any atom is -0.370 e. The molecule has 2 N–H and O–H groups in total. The number of carbonyl (C=O) groups is 1. The molecule has 1 aliphatic heterocycles. The van der Waals surface area contributed by atoms with Crippen molar-refractivity contribution in [3.05, 3.63) is 18.0 Å². The smallest absolute Gasteiger partial charge is 0.222 e. The van der Waals surface area contributed by atoms with Crippen LogP contribution in [0.2, 0.25) is 0 Å². The molecule has 1 amide bonds. The standard InChI is InChI=1S/C20H34N6O2/c1-3-21-20(22-10-9-19(27)24-17-7-5-4-6-8-17)26-11-12-28-18(15-26)16-13-23-25(2)14-16/h13-14,17-18H,3-12,15H2,1-2H3,(H,21,22)(H,24,27). The summed E-state index contributed by atoms with van der Waals surface area (Å²) in [5.74, 6) is 0.965. The molecule has 8 heteroatoms. The number of aromatic nitrogens is 2. The predicted octanol–water partition coefficient (Wildman–Crippen LogP) is 1.60. The zero-order valence-electron chi connectivity index (χ0n) is 17.2. The highest BCUT2D eigenvalue weighted by Gasteiger charge is 2.25. The summed E-state index contributed by atoms with van der Waals surface area (Å²) in [5, 5.41) is 10.8. The van der Waals surface area contributed by atoms with Gasteiger partial charge in [-0.2, -0.15) is 5.10 Å². The molecule has 2 aliphatic rings. The lowest BCUT2D eigenvalue weighted by molar-refractivity contribution is -0.121. The van der Waals surface area contributed by atoms with E-state index in [9.17, 15) is 4.79 Å². The number of nitrogens with zero attached hydrogens (tertiary/aromatic N) is 4. The number of guanidine groups is 1. The zero-order chi connectivity index (χ0) is 19.8. The van der Waals surface area contributed by atoms with Crippen LogP contribution in [0.1, 0.15) is 57.1 Å². The molecule has 1 aliphatic carbocycles. The van der Waals surface area contributed by atoms with E-state index in [1.54, 1.807) is 4.68 Å². The third-order valence-corrected chi connectivity index (χ3v) is 5.37. The Hall–Kier alpha value is -2.09. The zero-order valence-corrected chi connectivity index (χ0v) is 17.2. The van der Waals surface area contributed by atoms with E-state index in [2.05, 4.69) is 27.6 Å². The van der Waals surface area contributed by atoms with E-state index in [0.717, 1.165) is 44.0 Å². The highest BCUT2D eigenvalue weighted by molar-refractivity contribution is 5.81. The van der Waals surface area contributed by atoms with Gasteiger partial charge in [0.15, 0.2) is 5.96 Å². The van der Waals surface area contributed by atoms with Gasteiger partial charge in [0.1, 0.15) is 6.10 Å². The van der Waals surface area contributed by atoms with Gasteiger partial charge in [-0.25, -0.2) is 0 Å². The fourth-order valence-electron chi connectivity index (χ4n) is 3.89. The van der Waals surface area contributed by atoms with Crippen LogP contribution in [0.4, 0.5) is 0 Å². The Morgan fingerprint density at radius 2 is 2.18 bits per heavy atom. The number of aliphatic imine (C=N–C) groups is 1. The van der Waals surface area contributed by atoms with Crippen LogP contribution in [0, 0.1) is 0 Å². The molecule has 1 saturated carbocycles. The molecule has 28 heavy (non-hydrogen) atoms. The van der Waals surface area contributed by atoms with E-state index in [-0.39, 0.29) is 12.0 Å². The molecule has 0 radical (unpaired) electrons. The summed E-state index contributed by atoms with van der Waals surface area (Å²) >= 11 is 0. The number of morpholine rings is 1. The number of hydrogen-bond donors (Lipinski definition) is 2. The summed E-state index contributed by atoms with van der Waals surface area (Å²) in [6.07, 6.45) is 10.2. The van der Waals surface area contributed by atoms with Crippen molar-refractivity contribution in [2.45, 2.75) is 57.6 Å². The number of rotatable bonds is 6. The first-order valence-electron chi connectivity index (χ1n) is 10.6. The highest BCUT2D eigenvalue weighted by atomic mass is 16.5. The van der Waals surface area contributed by atoms with Gasteiger partial charge in [-0.05, 0) is 19.8 Å². The summed E-state index contributed by atoms with van der Waals surface area (Å²) in [6.45, 7) is 5.51. The summed E-state index contributed by atoms with van der Waals surface area (Å²) in [5.41, 5.74) is 1.08. The van der Waals surface area contributed by atoms with Crippen molar-refractivity contribution in [3.8, 4) is 0 Å². The van der Waals surface area contributed by atoms with Crippen LogP contribution in [0.25, 0.3) is 0 Å². The largest absolute Gasteiger partial charge is 0.370 e. The molecule has 0 spiro atoms. The van der Waals surface area contributed by atoms with Gasteiger partial charge >= 0.3 is 0 Å². The number of ether oxygens (including phenoxy) is 1. The lowest BCUT2D eigenvalue weighted by atomic mass is 9.95. The number of hydrogen-bond acceptors (Lipinski definition) is 4. The van der Waals surface area contributed by atoms with E-state index in [1.807, 2.05) is 19.4 Å². The van der Waals surface area contributed by atoms with Crippen LogP contribution in [0.5, 0.6) is 0 Å². The molecule has 1 atom stereocenters. The number of amides is 1. The second-order valence-electron chi connectivity index (χ2n) is 7.64.